The second-order valence-corrected chi connectivity index (χ2v) is 6.37. The normalized spacial score (nSPS) is 11.2. The first-order valence-corrected chi connectivity index (χ1v) is 7.59. The first kappa shape index (κ1) is 13.8. The van der Waals surface area contributed by atoms with Gasteiger partial charge in [-0.25, -0.2) is 8.42 Å². The van der Waals surface area contributed by atoms with Gasteiger partial charge in [-0.1, -0.05) is 41.9 Å². The number of ketones is 1. The Balaban J connectivity index is 2.27. The van der Waals surface area contributed by atoms with Crippen molar-refractivity contribution in [3.05, 3.63) is 65.2 Å². The third-order valence-electron chi connectivity index (χ3n) is 2.60. The highest BCUT2D eigenvalue weighted by Gasteiger charge is 2.21. The minimum absolute atomic E-state index is 0.135. The van der Waals surface area contributed by atoms with Crippen molar-refractivity contribution in [2.45, 2.75) is 4.90 Å². The second kappa shape index (κ2) is 5.55. The predicted molar refractivity (Wildman–Crippen MR) is 74.3 cm³/mol. The summed E-state index contributed by atoms with van der Waals surface area (Å²) in [5.74, 6) is -1.09. The van der Waals surface area contributed by atoms with Gasteiger partial charge in [-0.3, -0.25) is 4.79 Å². The number of carbonyl (C=O) groups is 1. The van der Waals surface area contributed by atoms with Crippen LogP contribution in [-0.2, 0) is 9.84 Å². The van der Waals surface area contributed by atoms with Crippen LogP contribution in [0.25, 0.3) is 0 Å². The van der Waals surface area contributed by atoms with Crippen LogP contribution in [0, 0.1) is 0 Å². The fraction of sp³-hybridized carbons (Fsp3) is 0.0714. The fourth-order valence-electron chi connectivity index (χ4n) is 1.65. The molecule has 2 aromatic rings. The van der Waals surface area contributed by atoms with E-state index in [9.17, 15) is 13.2 Å². The minimum Gasteiger partial charge on any atom is -0.293 e. The van der Waals surface area contributed by atoms with Crippen LogP contribution < -0.4 is 0 Å². The zero-order valence-electron chi connectivity index (χ0n) is 9.91. The van der Waals surface area contributed by atoms with Crippen LogP contribution in [0.5, 0.6) is 0 Å². The standard InChI is InChI=1S/C14H11ClO3S/c15-13-9-5-4-8-12(13)14(16)10-19(17,18)11-6-2-1-3-7-11/h1-9H,10H2. The van der Waals surface area contributed by atoms with Gasteiger partial charge in [0.25, 0.3) is 0 Å². The fourth-order valence-corrected chi connectivity index (χ4v) is 3.13. The van der Waals surface area contributed by atoms with E-state index in [1.165, 1.54) is 18.2 Å². The molecular formula is C14H11ClO3S. The molecule has 5 heteroatoms. The van der Waals surface area contributed by atoms with E-state index < -0.39 is 21.4 Å². The lowest BCUT2D eigenvalue weighted by molar-refractivity contribution is 0.102. The third-order valence-corrected chi connectivity index (χ3v) is 4.56. The van der Waals surface area contributed by atoms with E-state index in [0.29, 0.717) is 0 Å². The molecule has 0 saturated carbocycles. The molecular weight excluding hydrogens is 284 g/mol. The van der Waals surface area contributed by atoms with E-state index in [4.69, 9.17) is 11.6 Å². The van der Waals surface area contributed by atoms with Crippen LogP contribution >= 0.6 is 11.6 Å². The molecule has 2 rings (SSSR count). The zero-order chi connectivity index (χ0) is 13.9. The molecule has 0 bridgehead atoms. The molecule has 0 radical (unpaired) electrons. The van der Waals surface area contributed by atoms with E-state index in [1.54, 1.807) is 36.4 Å². The molecule has 19 heavy (non-hydrogen) atoms. The van der Waals surface area contributed by atoms with Crippen molar-refractivity contribution < 1.29 is 13.2 Å². The van der Waals surface area contributed by atoms with Crippen LogP contribution in [0.2, 0.25) is 5.02 Å². The van der Waals surface area contributed by atoms with Crippen molar-refractivity contribution in [2.24, 2.45) is 0 Å². The molecule has 0 aromatic heterocycles. The van der Waals surface area contributed by atoms with Crippen molar-refractivity contribution in [1.29, 1.82) is 0 Å². The Morgan fingerprint density at radius 3 is 2.16 bits per heavy atom. The molecule has 0 unspecified atom stereocenters. The topological polar surface area (TPSA) is 51.2 Å². The number of halogens is 1. The van der Waals surface area contributed by atoms with Gasteiger partial charge in [0.15, 0.2) is 15.6 Å². The average molecular weight is 295 g/mol. The number of hydrogen-bond acceptors (Lipinski definition) is 3. The SMILES string of the molecule is O=C(CS(=O)(=O)c1ccccc1)c1ccccc1Cl. The van der Waals surface area contributed by atoms with E-state index in [1.807, 2.05) is 0 Å². The maximum absolute atomic E-state index is 12.1. The number of benzene rings is 2. The highest BCUT2D eigenvalue weighted by molar-refractivity contribution is 7.92. The summed E-state index contributed by atoms with van der Waals surface area (Å²) in [6.45, 7) is 0. The largest absolute Gasteiger partial charge is 0.293 e. The van der Waals surface area contributed by atoms with Crippen LogP contribution in [0.3, 0.4) is 0 Å². The first-order chi connectivity index (χ1) is 9.00. The molecule has 0 atom stereocenters. The Hall–Kier alpha value is -1.65. The van der Waals surface area contributed by atoms with Crippen LogP contribution in [0.15, 0.2) is 59.5 Å². The third kappa shape index (κ3) is 3.22. The van der Waals surface area contributed by atoms with E-state index in [2.05, 4.69) is 0 Å². The molecule has 0 saturated heterocycles. The Kier molecular flexibility index (Phi) is 4.02. The van der Waals surface area contributed by atoms with Gasteiger partial charge in [0.05, 0.1) is 9.92 Å². The van der Waals surface area contributed by atoms with Gasteiger partial charge in [0.1, 0.15) is 5.75 Å². The molecule has 0 heterocycles. The van der Waals surface area contributed by atoms with E-state index in [0.717, 1.165) is 0 Å². The summed E-state index contributed by atoms with van der Waals surface area (Å²) in [5, 5.41) is 0.260. The van der Waals surface area contributed by atoms with E-state index in [-0.39, 0.29) is 15.5 Å². The number of Topliss-reactive ketones (excluding diaryl/α,β-unsaturated/α-hetero) is 1. The number of sulfone groups is 1. The monoisotopic (exact) mass is 294 g/mol. The van der Waals surface area contributed by atoms with Crippen molar-refractivity contribution in [3.63, 3.8) is 0 Å². The van der Waals surface area contributed by atoms with Crippen molar-refractivity contribution >= 4 is 27.2 Å². The van der Waals surface area contributed by atoms with Gasteiger partial charge in [-0.15, -0.1) is 0 Å². The molecule has 0 N–H and O–H groups in total. The van der Waals surface area contributed by atoms with E-state index >= 15 is 0 Å². The quantitative estimate of drug-likeness (QED) is 0.815. The predicted octanol–water partition coefficient (Wildman–Crippen LogP) is 3.00. The highest BCUT2D eigenvalue weighted by Crippen LogP contribution is 2.18. The van der Waals surface area contributed by atoms with Gasteiger partial charge in [-0.2, -0.15) is 0 Å². The van der Waals surface area contributed by atoms with Gasteiger partial charge < -0.3 is 0 Å². The van der Waals surface area contributed by atoms with Crippen LogP contribution in [0.1, 0.15) is 10.4 Å². The van der Waals surface area contributed by atoms with Gasteiger partial charge >= 0.3 is 0 Å². The molecule has 2 aromatic carbocycles. The molecule has 0 fully saturated rings. The number of carbonyl (C=O) groups excluding carboxylic acids is 1. The highest BCUT2D eigenvalue weighted by atomic mass is 35.5. The van der Waals surface area contributed by atoms with Gasteiger partial charge in [0, 0.05) is 5.56 Å². The van der Waals surface area contributed by atoms with Gasteiger partial charge in [0.2, 0.25) is 0 Å². The molecule has 0 amide bonds. The summed E-state index contributed by atoms with van der Waals surface area (Å²) in [7, 11) is -3.63. The summed E-state index contributed by atoms with van der Waals surface area (Å²) in [6, 6.07) is 14.3. The molecule has 0 aliphatic carbocycles. The molecule has 98 valence electrons. The second-order valence-electron chi connectivity index (χ2n) is 3.98. The van der Waals surface area contributed by atoms with Crippen LogP contribution in [0.4, 0.5) is 0 Å². The summed E-state index contributed by atoms with van der Waals surface area (Å²) in [4.78, 5) is 12.1. The lowest BCUT2D eigenvalue weighted by Gasteiger charge is -2.05. The van der Waals surface area contributed by atoms with Crippen molar-refractivity contribution in [1.82, 2.24) is 0 Å². The number of hydrogen-bond donors (Lipinski definition) is 0. The summed E-state index contributed by atoms with van der Waals surface area (Å²) < 4.78 is 24.1. The summed E-state index contributed by atoms with van der Waals surface area (Å²) in [6.07, 6.45) is 0. The lowest BCUT2D eigenvalue weighted by atomic mass is 10.1. The molecule has 0 aliphatic heterocycles. The van der Waals surface area contributed by atoms with Crippen molar-refractivity contribution in [3.8, 4) is 0 Å². The molecule has 0 spiro atoms. The van der Waals surface area contributed by atoms with Gasteiger partial charge in [-0.05, 0) is 24.3 Å². The van der Waals surface area contributed by atoms with Crippen molar-refractivity contribution in [2.75, 3.05) is 5.75 Å². The molecule has 3 nitrogen and oxygen atoms in total. The summed E-state index contributed by atoms with van der Waals surface area (Å²) in [5.41, 5.74) is 0.226. The number of rotatable bonds is 4. The Bertz CT molecular complexity index is 694. The smallest absolute Gasteiger partial charge is 0.185 e. The zero-order valence-corrected chi connectivity index (χ0v) is 11.5. The maximum atomic E-state index is 12.1. The maximum Gasteiger partial charge on any atom is 0.185 e. The lowest BCUT2D eigenvalue weighted by Crippen LogP contribution is -2.16. The Morgan fingerprint density at radius 2 is 1.53 bits per heavy atom. The minimum atomic E-state index is -3.63. The summed E-state index contributed by atoms with van der Waals surface area (Å²) >= 11 is 5.88. The van der Waals surface area contributed by atoms with Crippen LogP contribution in [-0.4, -0.2) is 20.0 Å². The first-order valence-electron chi connectivity index (χ1n) is 5.56. The Morgan fingerprint density at radius 1 is 0.947 bits per heavy atom. The average Bonchev–Trinajstić information content (AvgIpc) is 2.39. The molecule has 0 aliphatic rings. The Labute approximate surface area is 116 Å².